The van der Waals surface area contributed by atoms with Crippen molar-refractivity contribution in [1.82, 2.24) is 4.90 Å². The van der Waals surface area contributed by atoms with Gasteiger partial charge in [0.2, 0.25) is 0 Å². The molecule has 18 heavy (non-hydrogen) atoms. The summed E-state index contributed by atoms with van der Waals surface area (Å²) in [5.74, 6) is -0.497. The minimum absolute atomic E-state index is 0.0244. The van der Waals surface area contributed by atoms with Gasteiger partial charge in [-0.15, -0.1) is 0 Å². The lowest BCUT2D eigenvalue weighted by molar-refractivity contribution is -0.135. The highest BCUT2D eigenvalue weighted by molar-refractivity contribution is 5.88. The van der Waals surface area contributed by atoms with E-state index in [-0.39, 0.29) is 23.6 Å². The van der Waals surface area contributed by atoms with Crippen LogP contribution in [0.3, 0.4) is 0 Å². The zero-order valence-corrected chi connectivity index (χ0v) is 11.7. The van der Waals surface area contributed by atoms with Crippen molar-refractivity contribution >= 4 is 11.8 Å². The first kappa shape index (κ1) is 14.7. The van der Waals surface area contributed by atoms with Crippen LogP contribution < -0.4 is 0 Å². The summed E-state index contributed by atoms with van der Waals surface area (Å²) in [7, 11) is 1.36. The maximum absolute atomic E-state index is 12.1. The van der Waals surface area contributed by atoms with Crippen LogP contribution in [0.25, 0.3) is 0 Å². The van der Waals surface area contributed by atoms with Gasteiger partial charge in [0, 0.05) is 30.8 Å². The first-order chi connectivity index (χ1) is 8.47. The largest absolute Gasteiger partial charge is 0.466 e. The van der Waals surface area contributed by atoms with Crippen LogP contribution in [0.2, 0.25) is 0 Å². The lowest BCUT2D eigenvalue weighted by Crippen LogP contribution is -2.30. The molecule has 1 rings (SSSR count). The summed E-state index contributed by atoms with van der Waals surface area (Å²) >= 11 is 0. The van der Waals surface area contributed by atoms with E-state index in [1.807, 2.05) is 20.8 Å². The maximum Gasteiger partial charge on any atom is 0.332 e. The van der Waals surface area contributed by atoms with E-state index in [0.29, 0.717) is 0 Å². The molecule has 102 valence electrons. The number of ketones is 1. The average Bonchev–Trinajstić information content (AvgIpc) is 2.87. The first-order valence-corrected chi connectivity index (χ1v) is 6.55. The molecule has 0 bridgehead atoms. The topological polar surface area (TPSA) is 46.6 Å². The Hall–Kier alpha value is -1.32. The van der Waals surface area contributed by atoms with Crippen molar-refractivity contribution in [2.75, 3.05) is 20.2 Å². The van der Waals surface area contributed by atoms with Gasteiger partial charge in [-0.2, -0.15) is 0 Å². The molecule has 0 spiro atoms. The highest BCUT2D eigenvalue weighted by Crippen LogP contribution is 2.24. The van der Waals surface area contributed by atoms with E-state index in [9.17, 15) is 9.59 Å². The molecule has 0 saturated carbocycles. The summed E-state index contributed by atoms with van der Waals surface area (Å²) in [6.07, 6.45) is 3.69. The molecule has 1 fully saturated rings. The summed E-state index contributed by atoms with van der Waals surface area (Å²) < 4.78 is 4.68. The van der Waals surface area contributed by atoms with Crippen LogP contribution in [0.15, 0.2) is 11.8 Å². The van der Waals surface area contributed by atoms with Gasteiger partial charge < -0.3 is 9.64 Å². The summed E-state index contributed by atoms with van der Waals surface area (Å²) in [6, 6.07) is 0. The van der Waals surface area contributed by atoms with Crippen molar-refractivity contribution in [3.8, 4) is 0 Å². The number of nitrogens with zero attached hydrogens (tertiary/aromatic N) is 1. The van der Waals surface area contributed by atoms with E-state index >= 15 is 0 Å². The Kier molecular flexibility index (Phi) is 5.38. The molecule has 0 amide bonds. The van der Waals surface area contributed by atoms with Crippen LogP contribution in [0.5, 0.6) is 0 Å². The van der Waals surface area contributed by atoms with E-state index in [1.54, 1.807) is 0 Å². The standard InChI is InChI=1S/C14H23NO3/c1-10(2)14(17)11(3)12(9-13(16)18-4)15-7-5-6-8-15/h9-11H,5-8H2,1-4H3/b12-9-. The molecule has 0 aromatic heterocycles. The van der Waals surface area contributed by atoms with Gasteiger partial charge in [-0.25, -0.2) is 4.79 Å². The molecular formula is C14H23NO3. The average molecular weight is 253 g/mol. The van der Waals surface area contributed by atoms with Gasteiger partial charge in [0.05, 0.1) is 13.0 Å². The summed E-state index contributed by atoms with van der Waals surface area (Å²) in [5, 5.41) is 0. The predicted molar refractivity (Wildman–Crippen MR) is 69.9 cm³/mol. The minimum atomic E-state index is -0.389. The molecule has 1 saturated heterocycles. The van der Waals surface area contributed by atoms with Crippen molar-refractivity contribution in [2.45, 2.75) is 33.6 Å². The van der Waals surface area contributed by atoms with E-state index in [0.717, 1.165) is 31.6 Å². The SMILES string of the molecule is COC(=O)/C=C(/C(C)C(=O)C(C)C)N1CCCC1. The van der Waals surface area contributed by atoms with Crippen molar-refractivity contribution in [1.29, 1.82) is 0 Å². The quantitative estimate of drug-likeness (QED) is 0.555. The van der Waals surface area contributed by atoms with E-state index in [2.05, 4.69) is 9.64 Å². The number of methoxy groups -OCH3 is 1. The Balaban J connectivity index is 2.92. The zero-order chi connectivity index (χ0) is 13.7. The van der Waals surface area contributed by atoms with Gasteiger partial charge in [0.15, 0.2) is 0 Å². The Morgan fingerprint density at radius 1 is 1.17 bits per heavy atom. The number of esters is 1. The van der Waals surface area contributed by atoms with E-state index in [1.165, 1.54) is 13.2 Å². The number of likely N-dealkylation sites (tertiary alicyclic amines) is 1. The molecular weight excluding hydrogens is 230 g/mol. The summed E-state index contributed by atoms with van der Waals surface area (Å²) in [5.41, 5.74) is 0.804. The first-order valence-electron chi connectivity index (χ1n) is 6.55. The Labute approximate surface area is 109 Å². The van der Waals surface area contributed by atoms with E-state index in [4.69, 9.17) is 0 Å². The molecule has 1 atom stereocenters. The lowest BCUT2D eigenvalue weighted by atomic mass is 9.93. The van der Waals surface area contributed by atoms with Crippen molar-refractivity contribution in [3.63, 3.8) is 0 Å². The molecule has 0 aromatic carbocycles. The highest BCUT2D eigenvalue weighted by atomic mass is 16.5. The molecule has 4 nitrogen and oxygen atoms in total. The van der Waals surface area contributed by atoms with Crippen LogP contribution in [0, 0.1) is 11.8 Å². The third-order valence-corrected chi connectivity index (χ3v) is 3.38. The monoisotopic (exact) mass is 253 g/mol. The van der Waals surface area contributed by atoms with Gasteiger partial charge in [-0.05, 0) is 19.8 Å². The predicted octanol–water partition coefficient (Wildman–Crippen LogP) is 2.00. The Morgan fingerprint density at radius 2 is 1.72 bits per heavy atom. The van der Waals surface area contributed by atoms with Gasteiger partial charge in [-0.1, -0.05) is 13.8 Å². The second-order valence-corrected chi connectivity index (χ2v) is 5.07. The number of rotatable bonds is 5. The van der Waals surface area contributed by atoms with E-state index < -0.39 is 0 Å². The van der Waals surface area contributed by atoms with Crippen molar-refractivity contribution < 1.29 is 14.3 Å². The van der Waals surface area contributed by atoms with Gasteiger partial charge in [-0.3, -0.25) is 4.79 Å². The third kappa shape index (κ3) is 3.59. The molecule has 1 aliphatic rings. The number of carbonyl (C=O) groups excluding carboxylic acids is 2. The third-order valence-electron chi connectivity index (χ3n) is 3.38. The summed E-state index contributed by atoms with van der Waals surface area (Å²) in [4.78, 5) is 25.7. The number of Topliss-reactive ketones (excluding diaryl/α,β-unsaturated/α-hetero) is 1. The Morgan fingerprint density at radius 3 is 2.17 bits per heavy atom. The number of hydrogen-bond acceptors (Lipinski definition) is 4. The molecule has 1 unspecified atom stereocenters. The van der Waals surface area contributed by atoms with Crippen LogP contribution in [0.1, 0.15) is 33.6 Å². The van der Waals surface area contributed by atoms with Crippen LogP contribution in [-0.4, -0.2) is 36.9 Å². The smallest absolute Gasteiger partial charge is 0.332 e. The maximum atomic E-state index is 12.1. The normalized spacial score (nSPS) is 18.1. The van der Waals surface area contributed by atoms with Gasteiger partial charge in [0.1, 0.15) is 5.78 Å². The lowest BCUT2D eigenvalue weighted by Gasteiger charge is -2.26. The number of allylic oxidation sites excluding steroid dienone is 1. The minimum Gasteiger partial charge on any atom is -0.466 e. The van der Waals surface area contributed by atoms with Crippen LogP contribution in [-0.2, 0) is 14.3 Å². The number of carbonyl (C=O) groups is 2. The molecule has 0 aromatic rings. The van der Waals surface area contributed by atoms with Crippen molar-refractivity contribution in [3.05, 3.63) is 11.8 Å². The number of ether oxygens (including phenoxy) is 1. The van der Waals surface area contributed by atoms with Crippen LogP contribution in [0.4, 0.5) is 0 Å². The second-order valence-electron chi connectivity index (χ2n) is 5.07. The van der Waals surface area contributed by atoms with Crippen LogP contribution >= 0.6 is 0 Å². The summed E-state index contributed by atoms with van der Waals surface area (Å²) in [6.45, 7) is 7.48. The fourth-order valence-corrected chi connectivity index (χ4v) is 2.29. The molecule has 1 heterocycles. The molecule has 0 radical (unpaired) electrons. The van der Waals surface area contributed by atoms with Gasteiger partial charge >= 0.3 is 5.97 Å². The highest BCUT2D eigenvalue weighted by Gasteiger charge is 2.27. The molecule has 0 N–H and O–H groups in total. The Bertz CT molecular complexity index is 341. The fourth-order valence-electron chi connectivity index (χ4n) is 2.29. The molecule has 1 aliphatic heterocycles. The zero-order valence-electron chi connectivity index (χ0n) is 11.7. The molecule has 4 heteroatoms. The number of hydrogen-bond donors (Lipinski definition) is 0. The second kappa shape index (κ2) is 6.57. The van der Waals surface area contributed by atoms with Crippen molar-refractivity contribution in [2.24, 2.45) is 11.8 Å². The fraction of sp³-hybridized carbons (Fsp3) is 0.714. The van der Waals surface area contributed by atoms with Gasteiger partial charge in [0.25, 0.3) is 0 Å². The molecule has 0 aliphatic carbocycles.